The highest BCUT2D eigenvalue weighted by atomic mass is 32.2. The molecular weight excluding hydrogens is 228 g/mol. The molecule has 0 amide bonds. The van der Waals surface area contributed by atoms with Gasteiger partial charge in [0, 0.05) is 32.7 Å². The number of anilines is 1. The second kappa shape index (κ2) is 3.76. The molecular formula is C9H12N4O2S. The lowest BCUT2D eigenvalue weighted by Crippen LogP contribution is -2.28. The minimum Gasteiger partial charge on any atom is -0.305 e. The van der Waals surface area contributed by atoms with Crippen LogP contribution in [0.3, 0.4) is 0 Å². The van der Waals surface area contributed by atoms with Gasteiger partial charge in [-0.2, -0.15) is 12.7 Å². The number of hydrogen-bond acceptors (Lipinski definition) is 3. The van der Waals surface area contributed by atoms with Crippen molar-refractivity contribution in [1.82, 2.24) is 13.7 Å². The van der Waals surface area contributed by atoms with Gasteiger partial charge in [-0.1, -0.05) is 0 Å². The Labute approximate surface area is 93.7 Å². The summed E-state index contributed by atoms with van der Waals surface area (Å²) in [6.07, 6.45) is 5.08. The zero-order valence-corrected chi connectivity index (χ0v) is 9.77. The van der Waals surface area contributed by atoms with Gasteiger partial charge >= 0.3 is 10.2 Å². The first kappa shape index (κ1) is 10.9. The normalized spacial score (nSPS) is 12.2. The largest absolute Gasteiger partial charge is 0.305 e. The van der Waals surface area contributed by atoms with Gasteiger partial charge in [-0.3, -0.25) is 4.72 Å². The van der Waals surface area contributed by atoms with Gasteiger partial charge < -0.3 is 4.40 Å². The first-order valence-corrected chi connectivity index (χ1v) is 6.06. The van der Waals surface area contributed by atoms with Gasteiger partial charge in [-0.25, -0.2) is 4.98 Å². The van der Waals surface area contributed by atoms with Crippen LogP contribution in [0.5, 0.6) is 0 Å². The molecule has 0 aliphatic carbocycles. The van der Waals surface area contributed by atoms with Crippen LogP contribution >= 0.6 is 0 Å². The average molecular weight is 240 g/mol. The van der Waals surface area contributed by atoms with Crippen LogP contribution in [0.15, 0.2) is 30.7 Å². The molecule has 2 aromatic rings. The maximum absolute atomic E-state index is 11.6. The summed E-state index contributed by atoms with van der Waals surface area (Å²) < 4.78 is 28.4. The van der Waals surface area contributed by atoms with Gasteiger partial charge in [-0.05, 0) is 12.1 Å². The van der Waals surface area contributed by atoms with E-state index in [4.69, 9.17) is 0 Å². The number of hydrogen-bond donors (Lipinski definition) is 1. The molecule has 0 unspecified atom stereocenters. The van der Waals surface area contributed by atoms with Crippen molar-refractivity contribution in [2.45, 2.75) is 0 Å². The molecule has 0 aromatic carbocycles. The van der Waals surface area contributed by atoms with Crippen molar-refractivity contribution in [2.24, 2.45) is 0 Å². The third kappa shape index (κ3) is 2.00. The highest BCUT2D eigenvalue weighted by molar-refractivity contribution is 7.90. The first-order chi connectivity index (χ1) is 7.49. The third-order valence-electron chi connectivity index (χ3n) is 2.12. The molecule has 0 atom stereocenters. The van der Waals surface area contributed by atoms with Crippen LogP contribution in [0.2, 0.25) is 0 Å². The number of nitrogens with zero attached hydrogens (tertiary/aromatic N) is 3. The molecule has 16 heavy (non-hydrogen) atoms. The number of rotatable bonds is 3. The Morgan fingerprint density at radius 2 is 2.12 bits per heavy atom. The number of nitrogens with one attached hydrogen (secondary N) is 1. The van der Waals surface area contributed by atoms with E-state index in [1.165, 1.54) is 14.1 Å². The summed E-state index contributed by atoms with van der Waals surface area (Å²) in [6.45, 7) is 0. The molecule has 2 rings (SSSR count). The van der Waals surface area contributed by atoms with Gasteiger partial charge in [0.2, 0.25) is 0 Å². The van der Waals surface area contributed by atoms with Crippen LogP contribution in [0.1, 0.15) is 0 Å². The molecule has 0 aliphatic rings. The lowest BCUT2D eigenvalue weighted by Gasteiger charge is -2.13. The summed E-state index contributed by atoms with van der Waals surface area (Å²) >= 11 is 0. The molecule has 1 N–H and O–H groups in total. The lowest BCUT2D eigenvalue weighted by atomic mass is 10.4. The molecule has 6 nitrogen and oxygen atoms in total. The first-order valence-electron chi connectivity index (χ1n) is 4.62. The topological polar surface area (TPSA) is 66.7 Å². The summed E-state index contributed by atoms with van der Waals surface area (Å²) in [5.41, 5.74) is 1.27. The average Bonchev–Trinajstić information content (AvgIpc) is 2.63. The van der Waals surface area contributed by atoms with E-state index in [2.05, 4.69) is 9.71 Å². The van der Waals surface area contributed by atoms with E-state index in [0.29, 0.717) is 5.69 Å². The van der Waals surface area contributed by atoms with E-state index >= 15 is 0 Å². The SMILES string of the molecule is CN(C)S(=O)(=O)Nc1ccc2nccn2c1. The Kier molecular flexibility index (Phi) is 2.56. The third-order valence-corrected chi connectivity index (χ3v) is 3.57. The molecule has 0 aliphatic heterocycles. The maximum atomic E-state index is 11.6. The molecule has 0 radical (unpaired) electrons. The maximum Gasteiger partial charge on any atom is 0.301 e. The van der Waals surface area contributed by atoms with Gasteiger partial charge in [0.1, 0.15) is 5.65 Å². The van der Waals surface area contributed by atoms with Gasteiger partial charge in [-0.15, -0.1) is 0 Å². The molecule has 0 spiro atoms. The second-order valence-corrected chi connectivity index (χ2v) is 5.38. The Balaban J connectivity index is 2.34. The molecule has 7 heteroatoms. The standard InChI is InChI=1S/C9H12N4O2S/c1-12(2)16(14,15)11-8-3-4-9-10-5-6-13(9)7-8/h3-7,11H,1-2H3. The molecule has 0 saturated heterocycles. The lowest BCUT2D eigenvalue weighted by molar-refractivity contribution is 0.527. The Morgan fingerprint density at radius 1 is 1.38 bits per heavy atom. The zero-order valence-electron chi connectivity index (χ0n) is 8.95. The molecule has 2 aromatic heterocycles. The minimum atomic E-state index is -3.45. The van der Waals surface area contributed by atoms with Crippen molar-refractivity contribution in [3.05, 3.63) is 30.7 Å². The quantitative estimate of drug-likeness (QED) is 0.852. The number of pyridine rings is 1. The molecule has 86 valence electrons. The fraction of sp³-hybridized carbons (Fsp3) is 0.222. The van der Waals surface area contributed by atoms with Crippen LogP contribution < -0.4 is 4.72 Å². The fourth-order valence-electron chi connectivity index (χ4n) is 1.22. The van der Waals surface area contributed by atoms with E-state index in [9.17, 15) is 8.42 Å². The van der Waals surface area contributed by atoms with Crippen LogP contribution in [0.4, 0.5) is 5.69 Å². The van der Waals surface area contributed by atoms with Crippen molar-refractivity contribution in [2.75, 3.05) is 18.8 Å². The van der Waals surface area contributed by atoms with Gasteiger partial charge in [0.15, 0.2) is 0 Å². The van der Waals surface area contributed by atoms with E-state index in [1.807, 2.05) is 0 Å². The number of imidazole rings is 1. The number of fused-ring (bicyclic) bond motifs is 1. The molecule has 2 heterocycles. The molecule has 0 saturated carbocycles. The Bertz CT molecular complexity index is 603. The minimum absolute atomic E-state index is 0.499. The van der Waals surface area contributed by atoms with E-state index in [-0.39, 0.29) is 0 Å². The molecule has 0 bridgehead atoms. The Morgan fingerprint density at radius 3 is 2.81 bits per heavy atom. The highest BCUT2D eigenvalue weighted by Crippen LogP contribution is 2.11. The second-order valence-electron chi connectivity index (χ2n) is 3.50. The molecule has 0 fully saturated rings. The van der Waals surface area contributed by atoms with Crippen LogP contribution in [0, 0.1) is 0 Å². The summed E-state index contributed by atoms with van der Waals surface area (Å²) in [5, 5.41) is 0. The predicted octanol–water partition coefficient (Wildman–Crippen LogP) is 0.553. The zero-order chi connectivity index (χ0) is 11.8. The van der Waals surface area contributed by atoms with Crippen molar-refractivity contribution < 1.29 is 8.42 Å². The van der Waals surface area contributed by atoms with Crippen LogP contribution in [-0.2, 0) is 10.2 Å². The van der Waals surface area contributed by atoms with Gasteiger partial charge in [0.05, 0.1) is 5.69 Å². The summed E-state index contributed by atoms with van der Waals surface area (Å²) in [7, 11) is -0.513. The van der Waals surface area contributed by atoms with Crippen molar-refractivity contribution in [1.29, 1.82) is 0 Å². The summed E-state index contributed by atoms with van der Waals surface area (Å²) in [4.78, 5) is 4.07. The van der Waals surface area contributed by atoms with E-state index in [1.54, 1.807) is 35.1 Å². The highest BCUT2D eigenvalue weighted by Gasteiger charge is 2.12. The van der Waals surface area contributed by atoms with Gasteiger partial charge in [0.25, 0.3) is 0 Å². The summed E-state index contributed by atoms with van der Waals surface area (Å²) in [6, 6.07) is 3.41. The van der Waals surface area contributed by atoms with Crippen LogP contribution in [0.25, 0.3) is 5.65 Å². The van der Waals surface area contributed by atoms with E-state index in [0.717, 1.165) is 9.95 Å². The summed E-state index contributed by atoms with van der Waals surface area (Å²) in [5.74, 6) is 0. The van der Waals surface area contributed by atoms with E-state index < -0.39 is 10.2 Å². The number of aromatic nitrogens is 2. The van der Waals surface area contributed by atoms with Crippen molar-refractivity contribution in [3.8, 4) is 0 Å². The predicted molar refractivity (Wildman–Crippen MR) is 61.4 cm³/mol. The van der Waals surface area contributed by atoms with Crippen molar-refractivity contribution in [3.63, 3.8) is 0 Å². The Hall–Kier alpha value is -1.60. The van der Waals surface area contributed by atoms with Crippen molar-refractivity contribution >= 4 is 21.5 Å². The monoisotopic (exact) mass is 240 g/mol. The van der Waals surface area contributed by atoms with Crippen LogP contribution in [-0.4, -0.2) is 36.2 Å². The fourth-order valence-corrected chi connectivity index (χ4v) is 1.82. The smallest absolute Gasteiger partial charge is 0.301 e.